The largest absolute Gasteiger partial charge is 0.444 e. The van der Waals surface area contributed by atoms with Crippen LogP contribution in [0.15, 0.2) is 0 Å². The lowest BCUT2D eigenvalue weighted by molar-refractivity contribution is -0.00786. The molecule has 21 heavy (non-hydrogen) atoms. The van der Waals surface area contributed by atoms with E-state index in [-0.39, 0.29) is 11.5 Å². The molecule has 1 aliphatic carbocycles. The SMILES string of the molecule is CC(C)(C)OC(=O)NCC(F)(F)CNC1CCCC1(C)C. The average Bonchev–Trinajstić information content (AvgIpc) is 2.61. The van der Waals surface area contributed by atoms with Crippen molar-refractivity contribution in [3.63, 3.8) is 0 Å². The second-order valence-corrected chi connectivity index (χ2v) is 7.53. The summed E-state index contributed by atoms with van der Waals surface area (Å²) in [5.74, 6) is -2.99. The standard InChI is InChI=1S/C15H28F2N2O2/c1-13(2,3)21-12(20)19-10-15(16,17)9-18-11-7-6-8-14(11,4)5/h11,18H,6-10H2,1-5H3,(H,19,20). The van der Waals surface area contributed by atoms with E-state index in [0.717, 1.165) is 19.3 Å². The Hall–Kier alpha value is -0.910. The molecule has 0 aromatic carbocycles. The summed E-state index contributed by atoms with van der Waals surface area (Å²) in [7, 11) is 0. The van der Waals surface area contributed by atoms with Crippen molar-refractivity contribution in [2.45, 2.75) is 71.4 Å². The van der Waals surface area contributed by atoms with Crippen LogP contribution >= 0.6 is 0 Å². The molecule has 1 atom stereocenters. The second-order valence-electron chi connectivity index (χ2n) is 7.53. The van der Waals surface area contributed by atoms with Crippen molar-refractivity contribution in [1.29, 1.82) is 0 Å². The van der Waals surface area contributed by atoms with E-state index in [1.165, 1.54) is 0 Å². The number of ether oxygens (including phenoxy) is 1. The number of alkyl halides is 2. The van der Waals surface area contributed by atoms with E-state index in [1.807, 2.05) is 0 Å². The minimum Gasteiger partial charge on any atom is -0.444 e. The number of hydrogen-bond donors (Lipinski definition) is 2. The molecule has 0 aromatic heterocycles. The first-order valence-electron chi connectivity index (χ1n) is 7.49. The van der Waals surface area contributed by atoms with Crippen LogP contribution in [0.3, 0.4) is 0 Å². The maximum absolute atomic E-state index is 13.8. The van der Waals surface area contributed by atoms with Crippen molar-refractivity contribution in [3.8, 4) is 0 Å². The molecule has 124 valence electrons. The molecule has 0 aromatic rings. The highest BCUT2D eigenvalue weighted by Crippen LogP contribution is 2.37. The number of carbonyl (C=O) groups excluding carboxylic acids is 1. The molecule has 1 fully saturated rings. The molecule has 1 unspecified atom stereocenters. The lowest BCUT2D eigenvalue weighted by Crippen LogP contribution is -2.49. The van der Waals surface area contributed by atoms with Gasteiger partial charge in [0.1, 0.15) is 5.60 Å². The molecule has 0 aliphatic heterocycles. The number of rotatable bonds is 5. The topological polar surface area (TPSA) is 50.4 Å². The van der Waals surface area contributed by atoms with Gasteiger partial charge in [-0.25, -0.2) is 13.6 Å². The van der Waals surface area contributed by atoms with E-state index >= 15 is 0 Å². The lowest BCUT2D eigenvalue weighted by Gasteiger charge is -2.30. The fraction of sp³-hybridized carbons (Fsp3) is 0.933. The molecule has 1 aliphatic rings. The van der Waals surface area contributed by atoms with Gasteiger partial charge in [-0.3, -0.25) is 0 Å². The lowest BCUT2D eigenvalue weighted by atomic mass is 9.87. The summed E-state index contributed by atoms with van der Waals surface area (Å²) < 4.78 is 32.5. The summed E-state index contributed by atoms with van der Waals surface area (Å²) >= 11 is 0. The molecule has 0 bridgehead atoms. The number of alkyl carbamates (subject to hydrolysis) is 1. The highest BCUT2D eigenvalue weighted by atomic mass is 19.3. The normalized spacial score (nSPS) is 22.1. The van der Waals surface area contributed by atoms with Crippen LogP contribution in [0, 0.1) is 5.41 Å². The van der Waals surface area contributed by atoms with Crippen molar-refractivity contribution >= 4 is 6.09 Å². The first-order valence-corrected chi connectivity index (χ1v) is 7.49. The van der Waals surface area contributed by atoms with Crippen LogP contribution in [0.1, 0.15) is 53.9 Å². The predicted octanol–water partition coefficient (Wildman–Crippen LogP) is 3.31. The molecule has 1 saturated carbocycles. The van der Waals surface area contributed by atoms with Gasteiger partial charge in [-0.15, -0.1) is 0 Å². The van der Waals surface area contributed by atoms with Crippen LogP contribution < -0.4 is 10.6 Å². The predicted molar refractivity (Wildman–Crippen MR) is 78.6 cm³/mol. The number of amides is 1. The van der Waals surface area contributed by atoms with Crippen molar-refractivity contribution < 1.29 is 18.3 Å². The summed E-state index contributed by atoms with van der Waals surface area (Å²) in [6.45, 7) is 8.10. The molecule has 0 saturated heterocycles. The van der Waals surface area contributed by atoms with Gasteiger partial charge in [0.05, 0.1) is 13.1 Å². The third-order valence-corrected chi connectivity index (χ3v) is 3.75. The van der Waals surface area contributed by atoms with Crippen LogP contribution in [-0.4, -0.2) is 36.7 Å². The van der Waals surface area contributed by atoms with E-state index in [4.69, 9.17) is 4.74 Å². The second kappa shape index (κ2) is 6.46. The Balaban J connectivity index is 2.35. The monoisotopic (exact) mass is 306 g/mol. The number of hydrogen-bond acceptors (Lipinski definition) is 3. The molecule has 1 amide bonds. The van der Waals surface area contributed by atoms with Gasteiger partial charge in [0.15, 0.2) is 0 Å². The molecule has 0 spiro atoms. The number of nitrogens with one attached hydrogen (secondary N) is 2. The first-order chi connectivity index (χ1) is 9.41. The Morgan fingerprint density at radius 3 is 2.38 bits per heavy atom. The molecule has 0 radical (unpaired) electrons. The van der Waals surface area contributed by atoms with Gasteiger partial charge in [0.2, 0.25) is 0 Å². The quantitative estimate of drug-likeness (QED) is 0.819. The Morgan fingerprint density at radius 2 is 1.90 bits per heavy atom. The van der Waals surface area contributed by atoms with Gasteiger partial charge in [-0.1, -0.05) is 20.3 Å². The van der Waals surface area contributed by atoms with E-state index in [9.17, 15) is 13.6 Å². The van der Waals surface area contributed by atoms with Gasteiger partial charge in [-0.05, 0) is 39.0 Å². The van der Waals surface area contributed by atoms with Gasteiger partial charge in [0, 0.05) is 6.04 Å². The summed E-state index contributed by atoms with van der Waals surface area (Å²) in [6.07, 6.45) is 2.21. The van der Waals surface area contributed by atoms with Crippen LogP contribution in [0.4, 0.5) is 13.6 Å². The molecule has 0 heterocycles. The van der Waals surface area contributed by atoms with Gasteiger partial charge in [0.25, 0.3) is 5.92 Å². The molecular formula is C15H28F2N2O2. The molecule has 1 rings (SSSR count). The van der Waals surface area contributed by atoms with E-state index < -0.39 is 30.7 Å². The zero-order valence-electron chi connectivity index (χ0n) is 13.7. The van der Waals surface area contributed by atoms with Gasteiger partial charge < -0.3 is 15.4 Å². The van der Waals surface area contributed by atoms with E-state index in [0.29, 0.717) is 0 Å². The minimum atomic E-state index is -2.99. The van der Waals surface area contributed by atoms with E-state index in [2.05, 4.69) is 24.5 Å². The van der Waals surface area contributed by atoms with Crippen molar-refractivity contribution in [1.82, 2.24) is 10.6 Å². The highest BCUT2D eigenvalue weighted by molar-refractivity contribution is 5.67. The van der Waals surface area contributed by atoms with Gasteiger partial charge in [-0.2, -0.15) is 0 Å². The summed E-state index contributed by atoms with van der Waals surface area (Å²) in [5.41, 5.74) is -0.639. The number of halogens is 2. The minimum absolute atomic E-state index is 0.0503. The van der Waals surface area contributed by atoms with Crippen LogP contribution in [0.2, 0.25) is 0 Å². The summed E-state index contributed by atoms with van der Waals surface area (Å²) in [4.78, 5) is 11.4. The van der Waals surface area contributed by atoms with Crippen LogP contribution in [-0.2, 0) is 4.74 Å². The fourth-order valence-electron chi connectivity index (χ4n) is 2.56. The Kier molecular flexibility index (Phi) is 5.58. The Morgan fingerprint density at radius 1 is 1.29 bits per heavy atom. The maximum Gasteiger partial charge on any atom is 0.407 e. The average molecular weight is 306 g/mol. The maximum atomic E-state index is 13.8. The first kappa shape index (κ1) is 18.1. The zero-order valence-corrected chi connectivity index (χ0v) is 13.7. The van der Waals surface area contributed by atoms with Crippen molar-refractivity contribution in [2.24, 2.45) is 5.41 Å². The Labute approximate surface area is 126 Å². The van der Waals surface area contributed by atoms with Crippen LogP contribution in [0.5, 0.6) is 0 Å². The summed E-state index contributed by atoms with van der Waals surface area (Å²) in [5, 5.41) is 5.07. The zero-order chi connectivity index (χ0) is 16.3. The smallest absolute Gasteiger partial charge is 0.407 e. The number of carbonyl (C=O) groups is 1. The summed E-state index contributed by atoms with van der Waals surface area (Å²) in [6, 6.07) is 0.102. The Bertz CT molecular complexity index is 365. The molecular weight excluding hydrogens is 278 g/mol. The fourth-order valence-corrected chi connectivity index (χ4v) is 2.56. The van der Waals surface area contributed by atoms with E-state index in [1.54, 1.807) is 20.8 Å². The third kappa shape index (κ3) is 6.59. The highest BCUT2D eigenvalue weighted by Gasteiger charge is 2.37. The van der Waals surface area contributed by atoms with Crippen LogP contribution in [0.25, 0.3) is 0 Å². The van der Waals surface area contributed by atoms with Gasteiger partial charge >= 0.3 is 6.09 Å². The molecule has 4 nitrogen and oxygen atoms in total. The third-order valence-electron chi connectivity index (χ3n) is 3.75. The van der Waals surface area contributed by atoms with Crippen molar-refractivity contribution in [3.05, 3.63) is 0 Å². The molecule has 2 N–H and O–H groups in total. The van der Waals surface area contributed by atoms with Crippen molar-refractivity contribution in [2.75, 3.05) is 13.1 Å². The molecule has 6 heteroatoms.